The van der Waals surface area contributed by atoms with Gasteiger partial charge < -0.3 is 15.0 Å². The van der Waals surface area contributed by atoms with Crippen LogP contribution in [0.3, 0.4) is 0 Å². The summed E-state index contributed by atoms with van der Waals surface area (Å²) < 4.78 is 30.4. The van der Waals surface area contributed by atoms with E-state index in [4.69, 9.17) is 4.74 Å². The lowest BCUT2D eigenvalue weighted by Crippen LogP contribution is -2.41. The number of hydrogen-bond acceptors (Lipinski definition) is 4. The van der Waals surface area contributed by atoms with Crippen molar-refractivity contribution in [1.82, 2.24) is 14.9 Å². The van der Waals surface area contributed by atoms with Crippen LogP contribution in [0.25, 0.3) is 0 Å². The first-order valence-electron chi connectivity index (χ1n) is 8.36. The second-order valence-corrected chi connectivity index (χ2v) is 7.83. The summed E-state index contributed by atoms with van der Waals surface area (Å²) in [6.07, 6.45) is 1.14. The van der Waals surface area contributed by atoms with Crippen molar-refractivity contribution in [3.05, 3.63) is 29.3 Å². The largest absolute Gasteiger partial charge is 0.492 e. The molecular formula is C17H30N4O3S. The summed E-state index contributed by atoms with van der Waals surface area (Å²) >= 11 is 0. The number of sulfonamides is 1. The minimum atomic E-state index is -3.18. The van der Waals surface area contributed by atoms with E-state index in [0.29, 0.717) is 19.7 Å². The molecule has 0 heterocycles. The van der Waals surface area contributed by atoms with Crippen LogP contribution in [0.5, 0.6) is 5.75 Å². The van der Waals surface area contributed by atoms with Crippen molar-refractivity contribution in [2.45, 2.75) is 20.8 Å². The Hall–Kier alpha value is -1.80. The molecule has 1 aromatic rings. The van der Waals surface area contributed by atoms with E-state index >= 15 is 0 Å². The van der Waals surface area contributed by atoms with Crippen LogP contribution in [0.2, 0.25) is 0 Å². The second-order valence-electron chi connectivity index (χ2n) is 6.00. The lowest BCUT2D eigenvalue weighted by atomic mass is 10.1. The molecule has 0 saturated heterocycles. The Balaban J connectivity index is 2.50. The maximum atomic E-state index is 11.1. The molecule has 0 radical (unpaired) electrons. The highest BCUT2D eigenvalue weighted by atomic mass is 32.2. The maximum Gasteiger partial charge on any atom is 0.208 e. The fourth-order valence-electron chi connectivity index (χ4n) is 2.29. The van der Waals surface area contributed by atoms with Crippen LogP contribution in [-0.2, 0) is 10.0 Å². The number of guanidine groups is 1. The highest BCUT2D eigenvalue weighted by molar-refractivity contribution is 7.88. The average Bonchev–Trinajstić information content (AvgIpc) is 2.48. The van der Waals surface area contributed by atoms with Gasteiger partial charge in [0.15, 0.2) is 5.96 Å². The number of nitrogens with zero attached hydrogens (tertiary/aromatic N) is 2. The zero-order valence-electron chi connectivity index (χ0n) is 15.8. The molecule has 8 heteroatoms. The Morgan fingerprint density at radius 2 is 1.88 bits per heavy atom. The van der Waals surface area contributed by atoms with E-state index < -0.39 is 10.0 Å². The SMILES string of the molecule is CCNC(=NCCNS(C)(=O)=O)N(C)CCOc1cc(C)cc(C)c1. The highest BCUT2D eigenvalue weighted by Gasteiger charge is 2.06. The van der Waals surface area contributed by atoms with Crippen molar-refractivity contribution in [2.75, 3.05) is 46.1 Å². The average molecular weight is 371 g/mol. The number of benzene rings is 1. The topological polar surface area (TPSA) is 83.0 Å². The Kier molecular flexibility index (Phi) is 8.71. The molecule has 0 saturated carbocycles. The van der Waals surface area contributed by atoms with Gasteiger partial charge in [-0.3, -0.25) is 4.99 Å². The van der Waals surface area contributed by atoms with E-state index in [1.807, 2.05) is 44.9 Å². The first-order valence-corrected chi connectivity index (χ1v) is 10.3. The van der Waals surface area contributed by atoms with Crippen LogP contribution in [0, 0.1) is 13.8 Å². The summed E-state index contributed by atoms with van der Waals surface area (Å²) in [5.41, 5.74) is 2.35. The molecule has 0 spiro atoms. The standard InChI is InChI=1S/C17H30N4O3S/c1-6-18-17(19-7-8-20-25(5,22)23)21(4)9-10-24-16-12-14(2)11-15(3)13-16/h11-13,20H,6-10H2,1-5H3,(H,18,19). The molecule has 0 aliphatic carbocycles. The van der Waals surface area contributed by atoms with Gasteiger partial charge in [-0.25, -0.2) is 13.1 Å². The number of nitrogens with one attached hydrogen (secondary N) is 2. The summed E-state index contributed by atoms with van der Waals surface area (Å²) in [6.45, 7) is 8.67. The Labute approximate surface area is 151 Å². The van der Waals surface area contributed by atoms with Crippen molar-refractivity contribution in [2.24, 2.45) is 4.99 Å². The van der Waals surface area contributed by atoms with Gasteiger partial charge in [0.25, 0.3) is 0 Å². The molecule has 0 aliphatic rings. The van der Waals surface area contributed by atoms with Gasteiger partial charge in [-0.15, -0.1) is 0 Å². The molecule has 1 aromatic carbocycles. The van der Waals surface area contributed by atoms with E-state index in [0.717, 1.165) is 24.5 Å². The molecule has 0 fully saturated rings. The number of likely N-dealkylation sites (N-methyl/N-ethyl adjacent to an activating group) is 1. The van der Waals surface area contributed by atoms with Crippen molar-refractivity contribution < 1.29 is 13.2 Å². The zero-order chi connectivity index (χ0) is 18.9. The summed E-state index contributed by atoms with van der Waals surface area (Å²) in [5, 5.41) is 3.19. The fourth-order valence-corrected chi connectivity index (χ4v) is 2.75. The van der Waals surface area contributed by atoms with E-state index in [9.17, 15) is 8.42 Å². The summed E-state index contributed by atoms with van der Waals surface area (Å²) in [4.78, 5) is 6.38. The van der Waals surface area contributed by atoms with Crippen molar-refractivity contribution >= 4 is 16.0 Å². The van der Waals surface area contributed by atoms with Crippen molar-refractivity contribution in [1.29, 1.82) is 0 Å². The zero-order valence-corrected chi connectivity index (χ0v) is 16.6. The van der Waals surface area contributed by atoms with Crippen LogP contribution in [0.1, 0.15) is 18.1 Å². The predicted octanol–water partition coefficient (Wildman–Crippen LogP) is 1.13. The van der Waals surface area contributed by atoms with Crippen LogP contribution in [0.4, 0.5) is 0 Å². The smallest absolute Gasteiger partial charge is 0.208 e. The lowest BCUT2D eigenvalue weighted by Gasteiger charge is -2.22. The van der Waals surface area contributed by atoms with Gasteiger partial charge in [0.05, 0.1) is 19.3 Å². The normalized spacial score (nSPS) is 12.1. The maximum absolute atomic E-state index is 11.1. The number of ether oxygens (including phenoxy) is 1. The summed E-state index contributed by atoms with van der Waals surface area (Å²) in [5.74, 6) is 1.59. The fraction of sp³-hybridized carbons (Fsp3) is 0.588. The first-order chi connectivity index (χ1) is 11.7. The van der Waals surface area contributed by atoms with Crippen LogP contribution < -0.4 is 14.8 Å². The van der Waals surface area contributed by atoms with Crippen molar-refractivity contribution in [3.8, 4) is 5.75 Å². The van der Waals surface area contributed by atoms with E-state index in [1.165, 1.54) is 11.1 Å². The Bertz CT molecular complexity index is 654. The monoisotopic (exact) mass is 370 g/mol. The van der Waals surface area contributed by atoms with Gasteiger partial charge in [0.2, 0.25) is 10.0 Å². The summed E-state index contributed by atoms with van der Waals surface area (Å²) in [6, 6.07) is 6.14. The second kappa shape index (κ2) is 10.2. The highest BCUT2D eigenvalue weighted by Crippen LogP contribution is 2.15. The molecule has 0 aromatic heterocycles. The van der Waals surface area contributed by atoms with Gasteiger partial charge >= 0.3 is 0 Å². The van der Waals surface area contributed by atoms with E-state index in [-0.39, 0.29) is 6.54 Å². The molecule has 0 bridgehead atoms. The quantitative estimate of drug-likeness (QED) is 0.387. The van der Waals surface area contributed by atoms with E-state index in [1.54, 1.807) is 0 Å². The molecule has 25 heavy (non-hydrogen) atoms. The Morgan fingerprint density at radius 3 is 2.44 bits per heavy atom. The molecule has 1 rings (SSSR count). The van der Waals surface area contributed by atoms with Gasteiger partial charge in [-0.1, -0.05) is 6.07 Å². The molecule has 7 nitrogen and oxygen atoms in total. The number of aryl methyl sites for hydroxylation is 2. The van der Waals surface area contributed by atoms with Crippen LogP contribution >= 0.6 is 0 Å². The third-order valence-corrected chi connectivity index (χ3v) is 4.05. The first kappa shape index (κ1) is 21.2. The number of rotatable bonds is 9. The number of hydrogen-bond donors (Lipinski definition) is 2. The predicted molar refractivity (Wildman–Crippen MR) is 103 cm³/mol. The molecule has 0 atom stereocenters. The molecule has 0 amide bonds. The molecule has 0 aliphatic heterocycles. The van der Waals surface area contributed by atoms with Crippen molar-refractivity contribution in [3.63, 3.8) is 0 Å². The third kappa shape index (κ3) is 9.31. The lowest BCUT2D eigenvalue weighted by molar-refractivity contribution is 0.281. The van der Waals surface area contributed by atoms with Gasteiger partial charge in [-0.2, -0.15) is 0 Å². The Morgan fingerprint density at radius 1 is 1.24 bits per heavy atom. The van der Waals surface area contributed by atoms with Crippen LogP contribution in [-0.4, -0.2) is 65.4 Å². The third-order valence-electron chi connectivity index (χ3n) is 3.32. The van der Waals surface area contributed by atoms with E-state index in [2.05, 4.69) is 21.1 Å². The van der Waals surface area contributed by atoms with Crippen LogP contribution in [0.15, 0.2) is 23.2 Å². The molecular weight excluding hydrogens is 340 g/mol. The number of aliphatic imine (C=N–C) groups is 1. The minimum absolute atomic E-state index is 0.278. The van der Waals surface area contributed by atoms with Gasteiger partial charge in [0.1, 0.15) is 12.4 Å². The summed E-state index contributed by atoms with van der Waals surface area (Å²) in [7, 11) is -1.25. The minimum Gasteiger partial charge on any atom is -0.492 e. The van der Waals surface area contributed by atoms with Gasteiger partial charge in [0, 0.05) is 20.1 Å². The van der Waals surface area contributed by atoms with Gasteiger partial charge in [-0.05, 0) is 44.0 Å². The molecule has 0 unspecified atom stereocenters. The molecule has 142 valence electrons. The molecule has 2 N–H and O–H groups in total.